The zero-order valence-electron chi connectivity index (χ0n) is 23.9. The van der Waals surface area contributed by atoms with Crippen LogP contribution in [0.15, 0.2) is 17.2 Å². The molecule has 220 valence electrons. The summed E-state index contributed by atoms with van der Waals surface area (Å²) in [7, 11) is 0. The van der Waals surface area contributed by atoms with E-state index in [0.29, 0.717) is 31.5 Å². The number of nitrogens with one attached hydrogen (secondary N) is 2. The molecule has 39 heavy (non-hydrogen) atoms. The summed E-state index contributed by atoms with van der Waals surface area (Å²) < 4.78 is 0. The van der Waals surface area contributed by atoms with E-state index < -0.39 is 0 Å². The van der Waals surface area contributed by atoms with Gasteiger partial charge < -0.3 is 16.4 Å². The number of amides is 3. The largest absolute Gasteiger partial charge is 0.372 e. The number of carbonyl (C=O) groups excluding carboxylic acids is 3. The lowest BCUT2D eigenvalue weighted by atomic mass is 9.98. The van der Waals surface area contributed by atoms with Gasteiger partial charge in [-0.1, -0.05) is 58.7 Å². The number of thioether (sulfide) groups is 1. The monoisotopic (exact) mass is 599 g/mol. The molecular formula is C28H46ClN5O3S2. The SMILES string of the molecule is C=C(CN1CCSCC1)C(=O)NCC(NC(=O)CCc1nc2c(s1)C=C(Cl)CC2)C(C)CC.CCC.NC=O. The fraction of sp³-hybridized carbons (Fsp3) is 0.643. The predicted molar refractivity (Wildman–Crippen MR) is 166 cm³/mol. The number of nitrogens with zero attached hydrogens (tertiary/aromatic N) is 2. The molecule has 1 aromatic rings. The molecule has 11 heteroatoms. The van der Waals surface area contributed by atoms with Crippen molar-refractivity contribution in [1.29, 1.82) is 0 Å². The predicted octanol–water partition coefficient (Wildman–Crippen LogP) is 4.37. The lowest BCUT2D eigenvalue weighted by Crippen LogP contribution is -2.48. The number of rotatable bonds is 11. The number of nitrogens with two attached hydrogens (primary N) is 1. The normalized spacial score (nSPS) is 16.1. The number of allylic oxidation sites excluding steroid dienone is 1. The summed E-state index contributed by atoms with van der Waals surface area (Å²) in [6, 6.07) is -0.114. The molecule has 1 aliphatic carbocycles. The van der Waals surface area contributed by atoms with E-state index in [1.165, 1.54) is 6.42 Å². The van der Waals surface area contributed by atoms with Crippen LogP contribution in [0.2, 0.25) is 0 Å². The van der Waals surface area contributed by atoms with Gasteiger partial charge in [-0.25, -0.2) is 4.98 Å². The van der Waals surface area contributed by atoms with Gasteiger partial charge in [0.2, 0.25) is 18.2 Å². The molecule has 1 fully saturated rings. The summed E-state index contributed by atoms with van der Waals surface area (Å²) in [5.74, 6) is 2.31. The number of primary amides is 1. The molecule has 3 amide bonds. The maximum atomic E-state index is 12.7. The number of fused-ring (bicyclic) bond motifs is 1. The minimum absolute atomic E-state index is 0.0130. The first-order valence-corrected chi connectivity index (χ1v) is 16.1. The third kappa shape index (κ3) is 13.8. The second-order valence-electron chi connectivity index (χ2n) is 9.61. The second-order valence-corrected chi connectivity index (χ2v) is 12.4. The van der Waals surface area contributed by atoms with E-state index in [9.17, 15) is 9.59 Å². The number of aromatic nitrogens is 1. The molecule has 0 bridgehead atoms. The van der Waals surface area contributed by atoms with Crippen molar-refractivity contribution in [2.45, 2.75) is 72.3 Å². The van der Waals surface area contributed by atoms with Crippen LogP contribution in [0.1, 0.15) is 69.0 Å². The number of halogens is 1. The smallest absolute Gasteiger partial charge is 0.247 e. The number of carbonyl (C=O) groups is 3. The van der Waals surface area contributed by atoms with Crippen LogP contribution in [-0.2, 0) is 27.2 Å². The van der Waals surface area contributed by atoms with Crippen molar-refractivity contribution in [3.63, 3.8) is 0 Å². The first-order chi connectivity index (χ1) is 18.7. The molecule has 3 rings (SSSR count). The number of hydrogen-bond acceptors (Lipinski definition) is 7. The summed E-state index contributed by atoms with van der Waals surface area (Å²) in [4.78, 5) is 41.9. The number of hydrogen-bond donors (Lipinski definition) is 3. The highest BCUT2D eigenvalue weighted by atomic mass is 35.5. The van der Waals surface area contributed by atoms with Gasteiger partial charge in [-0.15, -0.1) is 11.3 Å². The van der Waals surface area contributed by atoms with Gasteiger partial charge in [0, 0.05) is 67.2 Å². The van der Waals surface area contributed by atoms with Crippen molar-refractivity contribution in [3.05, 3.63) is 32.8 Å². The van der Waals surface area contributed by atoms with Gasteiger partial charge in [0.1, 0.15) is 0 Å². The van der Waals surface area contributed by atoms with E-state index in [0.717, 1.165) is 64.5 Å². The Morgan fingerprint density at radius 3 is 2.51 bits per heavy atom. The molecule has 8 nitrogen and oxygen atoms in total. The lowest BCUT2D eigenvalue weighted by Gasteiger charge is -2.27. The molecule has 0 aromatic carbocycles. The Morgan fingerprint density at radius 2 is 1.90 bits per heavy atom. The number of aryl methyl sites for hydroxylation is 2. The zero-order valence-corrected chi connectivity index (χ0v) is 26.3. The fourth-order valence-corrected chi connectivity index (χ4v) is 6.20. The molecule has 1 saturated heterocycles. The Balaban J connectivity index is 0.00000116. The van der Waals surface area contributed by atoms with E-state index in [4.69, 9.17) is 16.4 Å². The van der Waals surface area contributed by atoms with Crippen LogP contribution in [0, 0.1) is 5.92 Å². The van der Waals surface area contributed by atoms with Crippen molar-refractivity contribution < 1.29 is 14.4 Å². The van der Waals surface area contributed by atoms with Gasteiger partial charge in [-0.05, 0) is 24.8 Å². The molecule has 4 N–H and O–H groups in total. The van der Waals surface area contributed by atoms with Crippen molar-refractivity contribution in [2.75, 3.05) is 37.7 Å². The van der Waals surface area contributed by atoms with Crippen LogP contribution in [-0.4, -0.2) is 71.8 Å². The van der Waals surface area contributed by atoms with Crippen molar-refractivity contribution in [2.24, 2.45) is 11.7 Å². The third-order valence-electron chi connectivity index (χ3n) is 6.23. The standard InChI is InChI=1S/C24H35ClN4O2S2.C3H8.CH3NO/c1-4-16(2)20(14-26-24(31)17(3)15-29-9-11-32-12-10-29)27-22(30)7-8-23-28-19-6-5-18(25)13-21(19)33-23;1-3-2;2-1-3/h13,16,20H,3-12,14-15H2,1-2H3,(H,26,31)(H,27,30);3H2,1-2H3;1H,(H2,2,3). The highest BCUT2D eigenvalue weighted by molar-refractivity contribution is 7.99. The van der Waals surface area contributed by atoms with E-state index in [1.807, 2.05) is 17.8 Å². The molecular weight excluding hydrogens is 554 g/mol. The Morgan fingerprint density at radius 1 is 1.26 bits per heavy atom. The molecule has 2 unspecified atom stereocenters. The Kier molecular flexibility index (Phi) is 18.1. The highest BCUT2D eigenvalue weighted by Gasteiger charge is 2.22. The van der Waals surface area contributed by atoms with Crippen LogP contribution >= 0.6 is 34.7 Å². The summed E-state index contributed by atoms with van der Waals surface area (Å²) in [5, 5.41) is 7.96. The van der Waals surface area contributed by atoms with Gasteiger partial charge in [0.25, 0.3) is 0 Å². The number of thiazole rings is 1. The van der Waals surface area contributed by atoms with Crippen LogP contribution in [0.4, 0.5) is 0 Å². The lowest BCUT2D eigenvalue weighted by molar-refractivity contribution is -0.123. The third-order valence-corrected chi connectivity index (χ3v) is 8.57. The van der Waals surface area contributed by atoms with Crippen LogP contribution in [0.3, 0.4) is 0 Å². The summed E-state index contributed by atoms with van der Waals surface area (Å²) in [6.45, 7) is 15.4. The minimum atomic E-state index is -0.129. The zero-order chi connectivity index (χ0) is 29.2. The van der Waals surface area contributed by atoms with Gasteiger partial charge in [-0.3, -0.25) is 19.3 Å². The Bertz CT molecular complexity index is 948. The van der Waals surface area contributed by atoms with Gasteiger partial charge in [0.15, 0.2) is 0 Å². The molecule has 2 atom stereocenters. The summed E-state index contributed by atoms with van der Waals surface area (Å²) >= 11 is 9.70. The van der Waals surface area contributed by atoms with Crippen LogP contribution in [0.5, 0.6) is 0 Å². The van der Waals surface area contributed by atoms with Gasteiger partial charge in [0.05, 0.1) is 15.6 Å². The molecule has 1 aliphatic heterocycles. The van der Waals surface area contributed by atoms with Crippen molar-refractivity contribution in [3.8, 4) is 0 Å². The van der Waals surface area contributed by atoms with E-state index in [2.05, 4.69) is 60.5 Å². The van der Waals surface area contributed by atoms with Crippen LogP contribution in [0.25, 0.3) is 6.08 Å². The molecule has 0 saturated carbocycles. The first kappa shape index (κ1) is 35.1. The Labute approximate surface area is 247 Å². The summed E-state index contributed by atoms with van der Waals surface area (Å²) in [6.07, 6.45) is 7.10. The van der Waals surface area contributed by atoms with Gasteiger partial charge in [-0.2, -0.15) is 11.8 Å². The fourth-order valence-electron chi connectivity index (χ4n) is 3.87. The minimum Gasteiger partial charge on any atom is -0.372 e. The maximum Gasteiger partial charge on any atom is 0.247 e. The van der Waals surface area contributed by atoms with E-state index in [1.54, 1.807) is 11.3 Å². The average molecular weight is 600 g/mol. The molecule has 2 heterocycles. The second kappa shape index (κ2) is 20.1. The highest BCUT2D eigenvalue weighted by Crippen LogP contribution is 2.30. The average Bonchev–Trinajstić information content (AvgIpc) is 3.32. The maximum absolute atomic E-state index is 12.7. The Hall–Kier alpha value is -1.88. The molecule has 2 aliphatic rings. The first-order valence-electron chi connectivity index (χ1n) is 13.7. The van der Waals surface area contributed by atoms with Crippen molar-refractivity contribution in [1.82, 2.24) is 20.5 Å². The molecule has 1 aromatic heterocycles. The topological polar surface area (TPSA) is 117 Å². The quantitative estimate of drug-likeness (QED) is 0.257. The molecule has 0 radical (unpaired) electrons. The van der Waals surface area contributed by atoms with Crippen molar-refractivity contribution >= 4 is 59.0 Å². The molecule has 0 spiro atoms. The van der Waals surface area contributed by atoms with E-state index >= 15 is 0 Å². The van der Waals surface area contributed by atoms with E-state index in [-0.39, 0.29) is 30.2 Å². The van der Waals surface area contributed by atoms with Crippen LogP contribution < -0.4 is 16.4 Å². The van der Waals surface area contributed by atoms with Gasteiger partial charge >= 0.3 is 0 Å². The summed E-state index contributed by atoms with van der Waals surface area (Å²) in [5.41, 5.74) is 5.83.